The van der Waals surface area contributed by atoms with Crippen LogP contribution in [0.15, 0.2) is 0 Å². The summed E-state index contributed by atoms with van der Waals surface area (Å²) in [7, 11) is 0.0369. The van der Waals surface area contributed by atoms with Crippen molar-refractivity contribution in [3.05, 3.63) is 0 Å². The first kappa shape index (κ1) is 22.8. The molecule has 30 heavy (non-hydrogen) atoms. The van der Waals surface area contributed by atoms with Crippen LogP contribution in [0, 0.1) is 28.6 Å². The van der Waals surface area contributed by atoms with Crippen molar-refractivity contribution in [2.75, 3.05) is 7.05 Å². The van der Waals surface area contributed by atoms with Crippen molar-refractivity contribution < 1.29 is 13.6 Å². The molecule has 8 atom stereocenters. The summed E-state index contributed by atoms with van der Waals surface area (Å²) in [5.74, 6) is 1.59. The van der Waals surface area contributed by atoms with Crippen LogP contribution in [0.3, 0.4) is 0 Å². The van der Waals surface area contributed by atoms with Gasteiger partial charge in [0.25, 0.3) is 5.91 Å². The normalized spacial score (nSPS) is 47.0. The van der Waals surface area contributed by atoms with Gasteiger partial charge in [0.1, 0.15) is 0 Å². The third-order valence-electron chi connectivity index (χ3n) is 10.7. The fourth-order valence-electron chi connectivity index (χ4n) is 7.89. The predicted octanol–water partition coefficient (Wildman–Crippen LogP) is 6.19. The molecule has 172 valence electrons. The first-order valence-corrected chi connectivity index (χ1v) is 15.2. The lowest BCUT2D eigenvalue weighted by Crippen LogP contribution is -2.64. The molecule has 0 radical (unpaired) electrons. The molecule has 0 spiro atoms. The number of fused-ring (bicyclic) bond motifs is 5. The van der Waals surface area contributed by atoms with E-state index >= 15 is 0 Å². The number of halogens is 1. The molecule has 0 N–H and O–H groups in total. The number of likely N-dealkylation sites (tertiary alicyclic amines) is 1. The van der Waals surface area contributed by atoms with E-state index in [-0.39, 0.29) is 27.8 Å². The van der Waals surface area contributed by atoms with E-state index in [0.717, 1.165) is 12.8 Å². The number of hydrogen-bond acceptors (Lipinski definition) is 2. The zero-order valence-electron chi connectivity index (χ0n) is 20.6. The first-order chi connectivity index (χ1) is 13.7. The van der Waals surface area contributed by atoms with Gasteiger partial charge in [0.05, 0.1) is 6.10 Å². The summed E-state index contributed by atoms with van der Waals surface area (Å²) in [6.07, 6.45) is 6.49. The maximum Gasteiger partial charge on any atom is 0.257 e. The number of carbonyl (C=O) groups is 1. The van der Waals surface area contributed by atoms with Crippen LogP contribution in [0.1, 0.15) is 79.6 Å². The highest BCUT2D eigenvalue weighted by Gasteiger charge is 2.63. The van der Waals surface area contributed by atoms with E-state index in [2.05, 4.69) is 47.7 Å². The monoisotopic (exact) mass is 437 g/mol. The van der Waals surface area contributed by atoms with E-state index in [1.807, 2.05) is 7.05 Å². The lowest BCUT2D eigenvalue weighted by molar-refractivity contribution is -0.169. The molecular formula is C25H44FNO2Si. The molecule has 1 saturated heterocycles. The summed E-state index contributed by atoms with van der Waals surface area (Å²) in [4.78, 5) is 14.1. The van der Waals surface area contributed by atoms with Crippen molar-refractivity contribution in [3.8, 4) is 0 Å². The van der Waals surface area contributed by atoms with Gasteiger partial charge in [-0.2, -0.15) is 0 Å². The van der Waals surface area contributed by atoms with Crippen LogP contribution in [0.4, 0.5) is 4.39 Å². The number of nitrogens with zero attached hydrogens (tertiary/aromatic N) is 1. The topological polar surface area (TPSA) is 29.5 Å². The van der Waals surface area contributed by atoms with E-state index in [4.69, 9.17) is 4.43 Å². The second kappa shape index (κ2) is 7.04. The Bertz CT molecular complexity index is 706. The fraction of sp³-hybridized carbons (Fsp3) is 0.960. The number of amides is 1. The van der Waals surface area contributed by atoms with Gasteiger partial charge in [0.2, 0.25) is 0 Å². The molecule has 5 heteroatoms. The molecule has 1 aliphatic heterocycles. The van der Waals surface area contributed by atoms with Crippen LogP contribution >= 0.6 is 0 Å². The van der Waals surface area contributed by atoms with E-state index in [9.17, 15) is 9.18 Å². The summed E-state index contributed by atoms with van der Waals surface area (Å²) < 4.78 is 21.7. The molecule has 0 aromatic carbocycles. The Morgan fingerprint density at radius 2 is 1.67 bits per heavy atom. The smallest absolute Gasteiger partial charge is 0.257 e. The van der Waals surface area contributed by atoms with E-state index in [1.165, 1.54) is 25.7 Å². The molecule has 0 bridgehead atoms. The summed E-state index contributed by atoms with van der Waals surface area (Å²) in [6, 6.07) is 0.211. The average Bonchev–Trinajstić information content (AvgIpc) is 2.95. The van der Waals surface area contributed by atoms with Gasteiger partial charge in [-0.15, -0.1) is 0 Å². The number of piperidine rings is 1. The molecule has 2 unspecified atom stereocenters. The van der Waals surface area contributed by atoms with Gasteiger partial charge < -0.3 is 9.33 Å². The molecule has 3 saturated carbocycles. The summed E-state index contributed by atoms with van der Waals surface area (Å²) in [6.45, 7) is 16.6. The van der Waals surface area contributed by atoms with Crippen LogP contribution in [0.2, 0.25) is 18.1 Å². The minimum absolute atomic E-state index is 0.0787. The highest BCUT2D eigenvalue weighted by Crippen LogP contribution is 2.65. The van der Waals surface area contributed by atoms with Crippen LogP contribution in [0.25, 0.3) is 0 Å². The molecule has 1 amide bonds. The van der Waals surface area contributed by atoms with Gasteiger partial charge in [-0.05, 0) is 91.7 Å². The lowest BCUT2D eigenvalue weighted by atomic mass is 9.47. The summed E-state index contributed by atoms with van der Waals surface area (Å²) in [5, 5.41) is 0.236. The van der Waals surface area contributed by atoms with Gasteiger partial charge in [-0.25, -0.2) is 4.39 Å². The minimum atomic E-state index is -1.80. The van der Waals surface area contributed by atoms with Crippen LogP contribution < -0.4 is 0 Å². The Kier molecular flexibility index (Phi) is 5.34. The number of carbonyl (C=O) groups excluding carboxylic acids is 1. The minimum Gasteiger partial charge on any atom is -0.413 e. The summed E-state index contributed by atoms with van der Waals surface area (Å²) >= 11 is 0. The number of hydrogen-bond donors (Lipinski definition) is 0. The number of rotatable bonds is 2. The molecular weight excluding hydrogens is 393 g/mol. The standard InChI is InChI=1S/C25H44FNO2Si/c1-23(2,3)30(7,8)29-21-12-10-17-16-9-11-20-25(5,15-19(26)22(28)27(20)6)18(16)13-14-24(17,21)4/h16-21H,9-15H2,1-8H3/t16?,17-,18?,19+,20+,21-,24-,25+/m0/s1. The quantitative estimate of drug-likeness (QED) is 0.482. The zero-order chi connectivity index (χ0) is 22.3. The summed E-state index contributed by atoms with van der Waals surface area (Å²) in [5.41, 5.74) is 0.177. The third-order valence-corrected chi connectivity index (χ3v) is 15.2. The van der Waals surface area contributed by atoms with Crippen LogP contribution in [0.5, 0.6) is 0 Å². The Hall–Kier alpha value is -0.423. The van der Waals surface area contributed by atoms with E-state index in [0.29, 0.717) is 30.3 Å². The predicted molar refractivity (Wildman–Crippen MR) is 123 cm³/mol. The highest BCUT2D eigenvalue weighted by atomic mass is 28.4. The maximum absolute atomic E-state index is 14.7. The Labute approximate surface area is 184 Å². The van der Waals surface area contributed by atoms with Gasteiger partial charge in [-0.3, -0.25) is 4.79 Å². The van der Waals surface area contributed by atoms with Gasteiger partial charge >= 0.3 is 0 Å². The SMILES string of the molecule is CN1C(=O)[C@H](F)C[C@]2(C)C3CC[C@]4(C)[C@@H](O[Si](C)(C)C(C)(C)C)CC[C@H]4C3CC[C@@H]12. The van der Waals surface area contributed by atoms with Crippen molar-refractivity contribution in [2.45, 2.75) is 116 Å². The zero-order valence-corrected chi connectivity index (χ0v) is 21.6. The van der Waals surface area contributed by atoms with Crippen molar-refractivity contribution in [2.24, 2.45) is 28.6 Å². The average molecular weight is 438 g/mol. The highest BCUT2D eigenvalue weighted by molar-refractivity contribution is 6.74. The van der Waals surface area contributed by atoms with Crippen LogP contribution in [-0.4, -0.2) is 44.5 Å². The number of alkyl halides is 1. The molecule has 4 aliphatic rings. The Morgan fingerprint density at radius 1 is 1.03 bits per heavy atom. The first-order valence-electron chi connectivity index (χ1n) is 12.3. The molecule has 0 aromatic heterocycles. The molecule has 3 aliphatic carbocycles. The molecule has 4 fully saturated rings. The van der Waals surface area contributed by atoms with E-state index in [1.54, 1.807) is 4.90 Å². The maximum atomic E-state index is 14.7. The molecule has 3 nitrogen and oxygen atoms in total. The van der Waals surface area contributed by atoms with Crippen molar-refractivity contribution in [3.63, 3.8) is 0 Å². The van der Waals surface area contributed by atoms with E-state index < -0.39 is 14.5 Å². The fourth-order valence-corrected chi connectivity index (χ4v) is 9.34. The van der Waals surface area contributed by atoms with Crippen LogP contribution in [-0.2, 0) is 9.22 Å². The van der Waals surface area contributed by atoms with Gasteiger partial charge in [0, 0.05) is 13.1 Å². The molecule has 1 heterocycles. The second-order valence-electron chi connectivity index (χ2n) is 13.1. The second-order valence-corrected chi connectivity index (χ2v) is 17.8. The Morgan fingerprint density at radius 3 is 2.30 bits per heavy atom. The van der Waals surface area contributed by atoms with Gasteiger partial charge in [-0.1, -0.05) is 34.6 Å². The van der Waals surface area contributed by atoms with Crippen molar-refractivity contribution >= 4 is 14.2 Å². The van der Waals surface area contributed by atoms with Gasteiger partial charge in [0.15, 0.2) is 14.5 Å². The molecule has 4 rings (SSSR count). The third kappa shape index (κ3) is 3.15. The Balaban J connectivity index is 1.58. The largest absolute Gasteiger partial charge is 0.413 e. The molecule has 0 aromatic rings. The van der Waals surface area contributed by atoms with Crippen molar-refractivity contribution in [1.29, 1.82) is 0 Å². The lowest BCUT2D eigenvalue weighted by Gasteiger charge is -2.62. The van der Waals surface area contributed by atoms with Crippen molar-refractivity contribution in [1.82, 2.24) is 4.90 Å².